The number of rotatable bonds is 6. The molecule has 0 radical (unpaired) electrons. The van der Waals surface area contributed by atoms with Gasteiger partial charge in [-0.1, -0.05) is 106 Å². The first kappa shape index (κ1) is 34.2. The summed E-state index contributed by atoms with van der Waals surface area (Å²) in [6, 6.07) is 0. The molecule has 1 unspecified atom stereocenters. The van der Waals surface area contributed by atoms with Crippen LogP contribution in [0.2, 0.25) is 26.9 Å². The second-order valence-electron chi connectivity index (χ2n) is 14.1. The van der Waals surface area contributed by atoms with Gasteiger partial charge in [-0.05, 0) is 22.0 Å². The number of hydrogen-bond donors (Lipinski definition) is 2. The van der Waals surface area contributed by atoms with E-state index in [2.05, 4.69) is 76.9 Å². The van der Waals surface area contributed by atoms with E-state index >= 15 is 0 Å². The molecule has 0 saturated carbocycles. The van der Waals surface area contributed by atoms with E-state index in [0.717, 1.165) is 16.7 Å². The molecule has 2 N–H and O–H groups in total. The molecule has 0 amide bonds. The molecule has 0 aliphatic heterocycles. The minimum Gasteiger partial charge on any atom is -0.388 e. The van der Waals surface area contributed by atoms with Crippen molar-refractivity contribution in [3.05, 3.63) is 46.2 Å². The Labute approximate surface area is 260 Å². The third kappa shape index (κ3) is 6.44. The van der Waals surface area contributed by atoms with Gasteiger partial charge in [-0.2, -0.15) is 0 Å². The largest absolute Gasteiger partial charge is 0.388 e. The van der Waals surface area contributed by atoms with Crippen molar-refractivity contribution in [2.24, 2.45) is 10.8 Å². The molecule has 4 rings (SSSR count). The van der Waals surface area contributed by atoms with Crippen LogP contribution < -0.4 is 0 Å². The van der Waals surface area contributed by atoms with Crippen LogP contribution >= 0.6 is 23.2 Å². The zero-order chi connectivity index (χ0) is 31.9. The van der Waals surface area contributed by atoms with Crippen LogP contribution in [0.3, 0.4) is 0 Å². The Bertz CT molecular complexity index is 1540. The highest BCUT2D eigenvalue weighted by molar-refractivity contribution is 6.82. The molecule has 0 fully saturated rings. The van der Waals surface area contributed by atoms with Crippen molar-refractivity contribution in [1.82, 2.24) is 29.2 Å². The van der Waals surface area contributed by atoms with Crippen molar-refractivity contribution in [2.45, 2.75) is 106 Å². The summed E-state index contributed by atoms with van der Waals surface area (Å²) in [4.78, 5) is 32.5. The first-order valence-corrected chi connectivity index (χ1v) is 17.4. The molecular formula is C31H46Cl2N6O2Si. The normalized spacial score (nSPS) is 13.8. The van der Waals surface area contributed by atoms with Crippen molar-refractivity contribution in [3.8, 4) is 0 Å². The third-order valence-electron chi connectivity index (χ3n) is 8.08. The summed E-state index contributed by atoms with van der Waals surface area (Å²) in [6.45, 7) is 25.6. The van der Waals surface area contributed by atoms with Crippen molar-refractivity contribution in [2.75, 3.05) is 0 Å². The molecule has 0 aliphatic rings. The minimum absolute atomic E-state index is 0.0234. The number of aliphatic hydroxyl groups is 1. The van der Waals surface area contributed by atoms with Gasteiger partial charge in [0.1, 0.15) is 21.3 Å². The number of Topliss-reactive ketones (excluding diaryl/α,β-unsaturated/α-hetero) is 1. The number of carbonyl (C=O) groups is 1. The molecule has 230 valence electrons. The van der Waals surface area contributed by atoms with E-state index in [9.17, 15) is 9.90 Å². The van der Waals surface area contributed by atoms with Crippen LogP contribution in [0, 0.1) is 10.8 Å². The third-order valence-corrected chi connectivity index (χ3v) is 15.2. The quantitative estimate of drug-likeness (QED) is 0.162. The van der Waals surface area contributed by atoms with Gasteiger partial charge in [-0.25, -0.2) is 19.9 Å². The van der Waals surface area contributed by atoms with Crippen molar-refractivity contribution < 1.29 is 9.90 Å². The molecule has 8 nitrogen and oxygen atoms in total. The SMILES string of the molecule is CC(C)(C)C(=O)c1c[nH]c2ncc(Cl)nc12.CC(C)[Si](C(C)C)(C(C)C)n1cc(C(O)C(C)(C)C)c2nc(Cl)cnc21. The number of aliphatic hydroxyl groups excluding tert-OH is 1. The average molecular weight is 634 g/mol. The maximum absolute atomic E-state index is 12.1. The van der Waals surface area contributed by atoms with Crippen LogP contribution in [-0.4, -0.2) is 48.3 Å². The van der Waals surface area contributed by atoms with Crippen LogP contribution in [-0.2, 0) is 0 Å². The number of nitrogens with zero attached hydrogens (tertiary/aromatic N) is 5. The molecule has 0 aliphatic carbocycles. The van der Waals surface area contributed by atoms with Gasteiger partial charge in [-0.15, -0.1) is 0 Å². The van der Waals surface area contributed by atoms with Gasteiger partial charge in [0.2, 0.25) is 0 Å². The molecule has 4 aromatic heterocycles. The number of aromatic amines is 1. The predicted molar refractivity (Wildman–Crippen MR) is 176 cm³/mol. The van der Waals surface area contributed by atoms with Gasteiger partial charge >= 0.3 is 0 Å². The molecule has 0 aromatic carbocycles. The van der Waals surface area contributed by atoms with E-state index < -0.39 is 19.8 Å². The summed E-state index contributed by atoms with van der Waals surface area (Å²) in [7, 11) is -2.01. The molecule has 42 heavy (non-hydrogen) atoms. The lowest BCUT2D eigenvalue weighted by Gasteiger charge is -2.44. The average Bonchev–Trinajstić information content (AvgIpc) is 3.43. The fraction of sp³-hybridized carbons (Fsp3) is 0.581. The highest BCUT2D eigenvalue weighted by atomic mass is 35.5. The highest BCUT2D eigenvalue weighted by Crippen LogP contribution is 2.46. The van der Waals surface area contributed by atoms with E-state index in [4.69, 9.17) is 23.2 Å². The Morgan fingerprint density at radius 2 is 1.38 bits per heavy atom. The van der Waals surface area contributed by atoms with Gasteiger partial charge in [0.15, 0.2) is 25.3 Å². The Kier molecular flexibility index (Phi) is 10.0. The number of fused-ring (bicyclic) bond motifs is 2. The van der Waals surface area contributed by atoms with Crippen LogP contribution in [0.1, 0.15) is 105 Å². The number of nitrogens with one attached hydrogen (secondary N) is 1. The standard InChI is InChI=1S/C20H34ClN3OSi.C11H12ClN3O/c1-12(2)26(13(3)4,14(5)6)24-11-15(18(25)20(7,8)9)17-19(24)22-10-16(21)23-17;1-11(2,3)9(16)6-4-13-10-8(6)15-7(12)5-14-10/h10-14,18,25H,1-9H3;4-5H,1-3H3,(H,13,14). The molecule has 0 spiro atoms. The predicted octanol–water partition coefficient (Wildman–Crippen LogP) is 9.03. The Morgan fingerprint density at radius 3 is 1.86 bits per heavy atom. The summed E-state index contributed by atoms with van der Waals surface area (Å²) in [5, 5.41) is 11.7. The van der Waals surface area contributed by atoms with Crippen molar-refractivity contribution >= 4 is 59.5 Å². The van der Waals surface area contributed by atoms with Gasteiger partial charge in [0.25, 0.3) is 0 Å². The van der Waals surface area contributed by atoms with E-state index in [1.807, 2.05) is 41.5 Å². The number of ketones is 1. The van der Waals surface area contributed by atoms with Crippen LogP contribution in [0.25, 0.3) is 22.3 Å². The van der Waals surface area contributed by atoms with Crippen LogP contribution in [0.5, 0.6) is 0 Å². The number of hydrogen-bond acceptors (Lipinski definition) is 6. The topological polar surface area (TPSA) is 110 Å². The maximum atomic E-state index is 12.1. The second kappa shape index (κ2) is 12.3. The maximum Gasteiger partial charge on any atom is 0.171 e. The lowest BCUT2D eigenvalue weighted by molar-refractivity contribution is 0.0637. The zero-order valence-electron chi connectivity index (χ0n) is 27.0. The van der Waals surface area contributed by atoms with Crippen molar-refractivity contribution in [1.29, 1.82) is 0 Å². The minimum atomic E-state index is -2.01. The summed E-state index contributed by atoms with van der Waals surface area (Å²) in [5.74, 6) is 0.0234. The zero-order valence-corrected chi connectivity index (χ0v) is 29.5. The first-order chi connectivity index (χ1) is 19.2. The number of halogens is 2. The Morgan fingerprint density at radius 1 is 0.881 bits per heavy atom. The molecule has 11 heteroatoms. The number of carbonyl (C=O) groups excluding carboxylic acids is 1. The van der Waals surface area contributed by atoms with E-state index in [1.165, 1.54) is 6.20 Å². The van der Waals surface area contributed by atoms with Gasteiger partial charge in [0.05, 0.1) is 24.1 Å². The molecular weight excluding hydrogens is 587 g/mol. The van der Waals surface area contributed by atoms with Gasteiger partial charge in [0, 0.05) is 23.4 Å². The smallest absolute Gasteiger partial charge is 0.171 e. The summed E-state index contributed by atoms with van der Waals surface area (Å²) in [6.07, 6.45) is 6.20. The van der Waals surface area contributed by atoms with Gasteiger partial charge < -0.3 is 14.3 Å². The van der Waals surface area contributed by atoms with Gasteiger partial charge in [-0.3, -0.25) is 4.79 Å². The Balaban J connectivity index is 0.000000258. The molecule has 0 bridgehead atoms. The highest BCUT2D eigenvalue weighted by Gasteiger charge is 2.47. The van der Waals surface area contributed by atoms with E-state index in [1.54, 1.807) is 12.4 Å². The number of H-pyrrole nitrogens is 1. The molecule has 4 aromatic rings. The van der Waals surface area contributed by atoms with Crippen LogP contribution in [0.15, 0.2) is 24.8 Å². The summed E-state index contributed by atoms with van der Waals surface area (Å²) < 4.78 is 2.40. The lowest BCUT2D eigenvalue weighted by atomic mass is 9.85. The van der Waals surface area contributed by atoms with E-state index in [-0.39, 0.29) is 16.4 Å². The van der Waals surface area contributed by atoms with E-state index in [0.29, 0.717) is 38.5 Å². The molecule has 1 atom stereocenters. The first-order valence-electron chi connectivity index (χ1n) is 14.5. The summed E-state index contributed by atoms with van der Waals surface area (Å²) in [5.41, 5.74) is 4.91. The summed E-state index contributed by atoms with van der Waals surface area (Å²) >= 11 is 11.9. The van der Waals surface area contributed by atoms with Crippen molar-refractivity contribution in [3.63, 3.8) is 0 Å². The Hall–Kier alpha value is -2.33. The second-order valence-corrected chi connectivity index (χ2v) is 20.6. The monoisotopic (exact) mass is 632 g/mol. The fourth-order valence-corrected chi connectivity index (χ4v) is 13.1. The molecule has 4 heterocycles. The molecule has 0 saturated heterocycles. The number of aromatic nitrogens is 6. The lowest BCUT2D eigenvalue weighted by Crippen LogP contribution is -2.51. The van der Waals surface area contributed by atoms with Crippen LogP contribution in [0.4, 0.5) is 0 Å². The fourth-order valence-electron chi connectivity index (χ4n) is 6.24.